The predicted octanol–water partition coefficient (Wildman–Crippen LogP) is 7.26. The average molecular weight is 451 g/mol. The first kappa shape index (κ1) is 19.1. The highest BCUT2D eigenvalue weighted by atomic mass is 79.9. The number of nitrogens with one attached hydrogen (secondary N) is 1. The van der Waals surface area contributed by atoms with Crippen molar-refractivity contribution in [3.8, 4) is 5.75 Å². The number of hydrogen-bond acceptors (Lipinski definition) is 2. The molecule has 3 rings (SSSR count). The molecule has 134 valence electrons. The van der Waals surface area contributed by atoms with Crippen LogP contribution < -0.4 is 10.1 Å². The molecule has 1 N–H and O–H groups in total. The van der Waals surface area contributed by atoms with E-state index < -0.39 is 0 Å². The predicted molar refractivity (Wildman–Crippen MR) is 113 cm³/mol. The maximum absolute atomic E-state index is 6.22. The van der Waals surface area contributed by atoms with Crippen molar-refractivity contribution in [3.05, 3.63) is 91.9 Å². The van der Waals surface area contributed by atoms with Gasteiger partial charge in [-0.05, 0) is 48.9 Å². The first-order valence-electron chi connectivity index (χ1n) is 8.18. The summed E-state index contributed by atoms with van der Waals surface area (Å²) in [6.45, 7) is 3.05. The fourth-order valence-electron chi connectivity index (χ4n) is 2.59. The minimum absolute atomic E-state index is 0.421. The molecule has 0 bridgehead atoms. The Morgan fingerprint density at radius 2 is 1.69 bits per heavy atom. The van der Waals surface area contributed by atoms with E-state index >= 15 is 0 Å². The molecule has 0 fully saturated rings. The van der Waals surface area contributed by atoms with Crippen LogP contribution in [-0.4, -0.2) is 0 Å². The van der Waals surface area contributed by atoms with E-state index in [1.807, 2.05) is 61.5 Å². The van der Waals surface area contributed by atoms with Gasteiger partial charge in [-0.2, -0.15) is 0 Å². The van der Waals surface area contributed by atoms with Gasteiger partial charge in [0.1, 0.15) is 12.4 Å². The second-order valence-corrected chi connectivity index (χ2v) is 7.63. The van der Waals surface area contributed by atoms with Gasteiger partial charge in [-0.25, -0.2) is 0 Å². The molecule has 0 unspecified atom stereocenters. The summed E-state index contributed by atoms with van der Waals surface area (Å²) in [4.78, 5) is 0. The Morgan fingerprint density at radius 1 is 0.923 bits per heavy atom. The number of halogens is 3. The molecule has 3 aromatic carbocycles. The van der Waals surface area contributed by atoms with Gasteiger partial charge in [0.05, 0.1) is 0 Å². The molecular formula is C21H18BrCl2NO. The number of benzene rings is 3. The zero-order valence-electron chi connectivity index (χ0n) is 14.2. The SMILES string of the molecule is Cc1c(Cl)cccc1NCc1cc(Br)ccc1OCc1ccccc1Cl. The van der Waals surface area contributed by atoms with Crippen LogP contribution in [0.2, 0.25) is 10.0 Å². The Labute approximate surface area is 172 Å². The fourth-order valence-corrected chi connectivity index (χ4v) is 3.36. The summed E-state index contributed by atoms with van der Waals surface area (Å²) in [5.74, 6) is 0.820. The molecule has 0 atom stereocenters. The lowest BCUT2D eigenvalue weighted by Crippen LogP contribution is -2.05. The van der Waals surface area contributed by atoms with Gasteiger partial charge < -0.3 is 10.1 Å². The topological polar surface area (TPSA) is 21.3 Å². The molecule has 0 saturated carbocycles. The van der Waals surface area contributed by atoms with E-state index in [1.165, 1.54) is 0 Å². The van der Waals surface area contributed by atoms with E-state index in [1.54, 1.807) is 0 Å². The van der Waals surface area contributed by atoms with Crippen LogP contribution in [0.1, 0.15) is 16.7 Å². The lowest BCUT2D eigenvalue weighted by Gasteiger charge is -2.15. The lowest BCUT2D eigenvalue weighted by molar-refractivity contribution is 0.303. The third-order valence-corrected chi connectivity index (χ3v) is 5.37. The van der Waals surface area contributed by atoms with Gasteiger partial charge in [0.15, 0.2) is 0 Å². The van der Waals surface area contributed by atoms with Crippen LogP contribution in [0.15, 0.2) is 65.1 Å². The van der Waals surface area contributed by atoms with Gasteiger partial charge in [0.2, 0.25) is 0 Å². The van der Waals surface area contributed by atoms with E-state index in [0.717, 1.165) is 37.6 Å². The molecule has 2 nitrogen and oxygen atoms in total. The molecule has 0 saturated heterocycles. The average Bonchev–Trinajstić information content (AvgIpc) is 2.63. The van der Waals surface area contributed by atoms with Gasteiger partial charge >= 0.3 is 0 Å². The molecule has 26 heavy (non-hydrogen) atoms. The summed E-state index contributed by atoms with van der Waals surface area (Å²) in [6.07, 6.45) is 0. The molecule has 0 aromatic heterocycles. The zero-order valence-corrected chi connectivity index (χ0v) is 17.3. The summed E-state index contributed by atoms with van der Waals surface area (Å²) in [6, 6.07) is 19.5. The van der Waals surface area contributed by atoms with Crippen LogP contribution in [0, 0.1) is 6.92 Å². The first-order chi connectivity index (χ1) is 12.5. The van der Waals surface area contributed by atoms with Crippen molar-refractivity contribution >= 4 is 44.8 Å². The van der Waals surface area contributed by atoms with Gasteiger partial charge in [0.25, 0.3) is 0 Å². The maximum Gasteiger partial charge on any atom is 0.124 e. The molecule has 0 amide bonds. The summed E-state index contributed by atoms with van der Waals surface area (Å²) in [5, 5.41) is 4.89. The third-order valence-electron chi connectivity index (χ3n) is 4.10. The molecule has 5 heteroatoms. The van der Waals surface area contributed by atoms with Crippen molar-refractivity contribution in [3.63, 3.8) is 0 Å². The van der Waals surface area contributed by atoms with E-state index in [2.05, 4.69) is 27.3 Å². The highest BCUT2D eigenvalue weighted by molar-refractivity contribution is 9.10. The number of hydrogen-bond donors (Lipinski definition) is 1. The highest BCUT2D eigenvalue weighted by Gasteiger charge is 2.08. The van der Waals surface area contributed by atoms with Crippen LogP contribution in [0.3, 0.4) is 0 Å². The number of anilines is 1. The van der Waals surface area contributed by atoms with Crippen molar-refractivity contribution in [2.45, 2.75) is 20.1 Å². The zero-order chi connectivity index (χ0) is 18.5. The summed E-state index contributed by atoms with van der Waals surface area (Å²) in [7, 11) is 0. The monoisotopic (exact) mass is 449 g/mol. The number of rotatable bonds is 6. The third kappa shape index (κ3) is 4.73. The van der Waals surface area contributed by atoms with Gasteiger partial charge in [-0.3, -0.25) is 0 Å². The lowest BCUT2D eigenvalue weighted by atomic mass is 10.1. The Bertz CT molecular complexity index is 914. The number of ether oxygens (including phenoxy) is 1. The second-order valence-electron chi connectivity index (χ2n) is 5.90. The van der Waals surface area contributed by atoms with Crippen molar-refractivity contribution in [1.29, 1.82) is 0 Å². The first-order valence-corrected chi connectivity index (χ1v) is 9.73. The minimum Gasteiger partial charge on any atom is -0.488 e. The molecule has 0 spiro atoms. The molecule has 3 aromatic rings. The Kier molecular flexibility index (Phi) is 6.47. The quantitative estimate of drug-likeness (QED) is 0.426. The summed E-state index contributed by atoms with van der Waals surface area (Å²) >= 11 is 15.9. The van der Waals surface area contributed by atoms with Crippen LogP contribution >= 0.6 is 39.1 Å². The standard InChI is InChI=1S/C21H18BrCl2NO/c1-14-18(23)7-4-8-20(14)25-12-16-11-17(22)9-10-21(16)26-13-15-5-2-3-6-19(15)24/h2-11,25H,12-13H2,1H3. The summed E-state index contributed by atoms with van der Waals surface area (Å²) < 4.78 is 7.03. The van der Waals surface area contributed by atoms with Crippen molar-refractivity contribution in [2.75, 3.05) is 5.32 Å². The maximum atomic E-state index is 6.22. The Balaban J connectivity index is 1.75. The molecular weight excluding hydrogens is 433 g/mol. The molecule has 0 aliphatic heterocycles. The van der Waals surface area contributed by atoms with E-state index in [-0.39, 0.29) is 0 Å². The smallest absolute Gasteiger partial charge is 0.124 e. The fraction of sp³-hybridized carbons (Fsp3) is 0.143. The Morgan fingerprint density at radius 3 is 2.50 bits per heavy atom. The van der Waals surface area contributed by atoms with Crippen molar-refractivity contribution in [1.82, 2.24) is 0 Å². The van der Waals surface area contributed by atoms with Gasteiger partial charge in [0, 0.05) is 37.9 Å². The van der Waals surface area contributed by atoms with Gasteiger partial charge in [-0.1, -0.05) is 63.4 Å². The minimum atomic E-state index is 0.421. The molecule has 0 heterocycles. The van der Waals surface area contributed by atoms with E-state index in [9.17, 15) is 0 Å². The molecule has 0 aliphatic rings. The largest absolute Gasteiger partial charge is 0.488 e. The van der Waals surface area contributed by atoms with Crippen LogP contribution in [0.5, 0.6) is 5.75 Å². The van der Waals surface area contributed by atoms with Crippen LogP contribution in [-0.2, 0) is 13.2 Å². The second kappa shape index (κ2) is 8.81. The van der Waals surface area contributed by atoms with E-state index in [0.29, 0.717) is 18.2 Å². The van der Waals surface area contributed by atoms with Gasteiger partial charge in [-0.15, -0.1) is 0 Å². The van der Waals surface area contributed by atoms with Crippen LogP contribution in [0.25, 0.3) is 0 Å². The summed E-state index contributed by atoms with van der Waals surface area (Å²) in [5.41, 5.74) is 4.05. The normalized spacial score (nSPS) is 10.6. The van der Waals surface area contributed by atoms with Crippen LogP contribution in [0.4, 0.5) is 5.69 Å². The Hall–Kier alpha value is -1.68. The van der Waals surface area contributed by atoms with Crippen molar-refractivity contribution in [2.24, 2.45) is 0 Å². The van der Waals surface area contributed by atoms with Crippen molar-refractivity contribution < 1.29 is 4.74 Å². The highest BCUT2D eigenvalue weighted by Crippen LogP contribution is 2.28. The molecule has 0 radical (unpaired) electrons. The van der Waals surface area contributed by atoms with E-state index in [4.69, 9.17) is 27.9 Å². The molecule has 0 aliphatic carbocycles.